The molecule has 120 valence electrons. The second kappa shape index (κ2) is 7.85. The van der Waals surface area contributed by atoms with Gasteiger partial charge in [0.25, 0.3) is 0 Å². The monoisotopic (exact) mass is 332 g/mol. The summed E-state index contributed by atoms with van der Waals surface area (Å²) in [6.07, 6.45) is 3.70. The van der Waals surface area contributed by atoms with Gasteiger partial charge in [-0.25, -0.2) is 4.79 Å². The highest BCUT2D eigenvalue weighted by atomic mass is 35.5. The highest BCUT2D eigenvalue weighted by Gasteiger charge is 2.10. The standard InChI is InChI=1S/C17H17ClN2O3/c1-11(2)16(21)20-9-12-6-14(18)8-15(7-12)23-17(22)13-4-3-5-19-10-13/h3-11,16,21H,1-2H3/b20-9+. The Morgan fingerprint density at radius 1 is 1.39 bits per heavy atom. The largest absolute Gasteiger partial charge is 0.423 e. The van der Waals surface area contributed by atoms with Crippen LogP contribution in [0, 0.1) is 5.92 Å². The van der Waals surface area contributed by atoms with E-state index < -0.39 is 12.2 Å². The van der Waals surface area contributed by atoms with Crippen LogP contribution >= 0.6 is 11.6 Å². The van der Waals surface area contributed by atoms with Gasteiger partial charge in [-0.2, -0.15) is 0 Å². The van der Waals surface area contributed by atoms with E-state index in [1.54, 1.807) is 30.5 Å². The zero-order valence-corrected chi connectivity index (χ0v) is 13.6. The van der Waals surface area contributed by atoms with Crippen molar-refractivity contribution in [3.05, 3.63) is 58.9 Å². The Hall–Kier alpha value is -2.24. The maximum absolute atomic E-state index is 12.0. The molecule has 1 N–H and O–H groups in total. The lowest BCUT2D eigenvalue weighted by atomic mass is 10.2. The molecule has 6 heteroatoms. The van der Waals surface area contributed by atoms with Gasteiger partial charge in [-0.1, -0.05) is 25.4 Å². The van der Waals surface area contributed by atoms with Crippen LogP contribution in [0.2, 0.25) is 5.02 Å². The number of hydrogen-bond acceptors (Lipinski definition) is 5. The molecule has 0 aliphatic carbocycles. The van der Waals surface area contributed by atoms with Crippen LogP contribution in [0.5, 0.6) is 5.75 Å². The molecule has 0 spiro atoms. The van der Waals surface area contributed by atoms with Gasteiger partial charge in [0, 0.05) is 23.6 Å². The summed E-state index contributed by atoms with van der Waals surface area (Å²) in [6, 6.07) is 8.09. The predicted molar refractivity (Wildman–Crippen MR) is 89.1 cm³/mol. The fraction of sp³-hybridized carbons (Fsp3) is 0.235. The molecule has 23 heavy (non-hydrogen) atoms. The highest BCUT2D eigenvalue weighted by Crippen LogP contribution is 2.21. The number of carbonyl (C=O) groups excluding carboxylic acids is 1. The first-order valence-corrected chi connectivity index (χ1v) is 7.47. The van der Waals surface area contributed by atoms with Crippen molar-refractivity contribution >= 4 is 23.8 Å². The summed E-state index contributed by atoms with van der Waals surface area (Å²) in [6.45, 7) is 3.72. The molecule has 1 aromatic carbocycles. The molecule has 2 rings (SSSR count). The van der Waals surface area contributed by atoms with Gasteiger partial charge in [0.2, 0.25) is 0 Å². The number of aliphatic hydroxyl groups excluding tert-OH is 1. The van der Waals surface area contributed by atoms with Crippen molar-refractivity contribution < 1.29 is 14.6 Å². The Kier molecular flexibility index (Phi) is 5.84. The minimum absolute atomic E-state index is 0.00770. The molecule has 0 radical (unpaired) electrons. The first-order valence-electron chi connectivity index (χ1n) is 7.10. The van der Waals surface area contributed by atoms with Crippen LogP contribution in [-0.4, -0.2) is 28.5 Å². The van der Waals surface area contributed by atoms with Crippen molar-refractivity contribution in [1.82, 2.24) is 4.98 Å². The van der Waals surface area contributed by atoms with Crippen LogP contribution in [0.15, 0.2) is 47.7 Å². The van der Waals surface area contributed by atoms with Gasteiger partial charge in [-0.05, 0) is 41.8 Å². The summed E-state index contributed by atoms with van der Waals surface area (Å²) in [7, 11) is 0. The Bertz CT molecular complexity index is 702. The van der Waals surface area contributed by atoms with Crippen LogP contribution in [0.3, 0.4) is 0 Å². The summed E-state index contributed by atoms with van der Waals surface area (Å²) in [5.41, 5.74) is 0.976. The van der Waals surface area contributed by atoms with Crippen molar-refractivity contribution in [1.29, 1.82) is 0 Å². The van der Waals surface area contributed by atoms with Gasteiger partial charge in [0.05, 0.1) is 5.56 Å². The molecule has 1 heterocycles. The molecule has 0 amide bonds. The minimum Gasteiger partial charge on any atom is -0.423 e. The zero-order valence-electron chi connectivity index (χ0n) is 12.8. The third-order valence-electron chi connectivity index (χ3n) is 2.97. The number of pyridine rings is 1. The van der Waals surface area contributed by atoms with E-state index in [1.807, 2.05) is 13.8 Å². The lowest BCUT2D eigenvalue weighted by Gasteiger charge is -2.09. The number of esters is 1. The second-order valence-corrected chi connectivity index (χ2v) is 5.72. The average molecular weight is 333 g/mol. The van der Waals surface area contributed by atoms with Gasteiger partial charge >= 0.3 is 5.97 Å². The first kappa shape index (κ1) is 17.1. The number of halogens is 1. The van der Waals surface area contributed by atoms with Gasteiger partial charge < -0.3 is 9.84 Å². The number of carbonyl (C=O) groups is 1. The quantitative estimate of drug-likeness (QED) is 0.518. The van der Waals surface area contributed by atoms with Crippen molar-refractivity contribution in [3.8, 4) is 5.75 Å². The number of hydrogen-bond donors (Lipinski definition) is 1. The molecule has 0 aliphatic rings. The van der Waals surface area contributed by atoms with Gasteiger partial charge in [-0.3, -0.25) is 9.98 Å². The fourth-order valence-electron chi connectivity index (χ4n) is 1.70. The van der Waals surface area contributed by atoms with Crippen LogP contribution in [0.1, 0.15) is 29.8 Å². The number of aliphatic imine (C=N–C) groups is 1. The summed E-state index contributed by atoms with van der Waals surface area (Å²) >= 11 is 6.03. The number of aliphatic hydroxyl groups is 1. The first-order chi connectivity index (χ1) is 11.0. The predicted octanol–water partition coefficient (Wildman–Crippen LogP) is 3.35. The molecule has 0 saturated carbocycles. The number of aromatic nitrogens is 1. The van der Waals surface area contributed by atoms with Crippen LogP contribution in [0.25, 0.3) is 0 Å². The molecule has 0 saturated heterocycles. The summed E-state index contributed by atoms with van der Waals surface area (Å²) < 4.78 is 5.29. The lowest BCUT2D eigenvalue weighted by molar-refractivity contribution is 0.0734. The molecule has 0 aliphatic heterocycles. The average Bonchev–Trinajstić information content (AvgIpc) is 2.52. The number of rotatable bonds is 5. The van der Waals surface area contributed by atoms with E-state index in [4.69, 9.17) is 16.3 Å². The lowest BCUT2D eigenvalue weighted by Crippen LogP contribution is -2.11. The highest BCUT2D eigenvalue weighted by molar-refractivity contribution is 6.31. The molecule has 5 nitrogen and oxygen atoms in total. The van der Waals surface area contributed by atoms with E-state index >= 15 is 0 Å². The topological polar surface area (TPSA) is 71.8 Å². The SMILES string of the molecule is CC(C)C(O)/N=C/c1cc(Cl)cc(OC(=O)c2cccnc2)c1. The molecule has 2 aromatic rings. The van der Waals surface area contributed by atoms with Gasteiger partial charge in [0.15, 0.2) is 0 Å². The van der Waals surface area contributed by atoms with E-state index in [9.17, 15) is 9.90 Å². The zero-order chi connectivity index (χ0) is 16.8. The Balaban J connectivity index is 2.16. The van der Waals surface area contributed by atoms with Crippen LogP contribution in [0.4, 0.5) is 0 Å². The molecule has 0 bridgehead atoms. The van der Waals surface area contributed by atoms with E-state index in [0.29, 0.717) is 21.9 Å². The molecular formula is C17H17ClN2O3. The smallest absolute Gasteiger partial charge is 0.345 e. The molecule has 1 atom stereocenters. The maximum Gasteiger partial charge on any atom is 0.345 e. The van der Waals surface area contributed by atoms with E-state index in [-0.39, 0.29) is 5.92 Å². The van der Waals surface area contributed by atoms with Crippen molar-refractivity contribution in [2.24, 2.45) is 10.9 Å². The van der Waals surface area contributed by atoms with Crippen LogP contribution in [-0.2, 0) is 0 Å². The Morgan fingerprint density at radius 2 is 2.17 bits per heavy atom. The van der Waals surface area contributed by atoms with Gasteiger partial charge in [-0.15, -0.1) is 0 Å². The Labute approximate surface area is 139 Å². The molecular weight excluding hydrogens is 316 g/mol. The second-order valence-electron chi connectivity index (χ2n) is 5.29. The van der Waals surface area contributed by atoms with Crippen molar-refractivity contribution in [2.45, 2.75) is 20.1 Å². The number of benzene rings is 1. The van der Waals surface area contributed by atoms with Crippen molar-refractivity contribution in [3.63, 3.8) is 0 Å². The molecule has 1 aromatic heterocycles. The maximum atomic E-state index is 12.0. The van der Waals surface area contributed by atoms with Crippen LogP contribution < -0.4 is 4.74 Å². The third-order valence-corrected chi connectivity index (χ3v) is 3.19. The van der Waals surface area contributed by atoms with E-state index in [2.05, 4.69) is 9.98 Å². The number of nitrogens with zero attached hydrogens (tertiary/aromatic N) is 2. The molecule has 0 fully saturated rings. The molecule has 1 unspecified atom stereocenters. The Morgan fingerprint density at radius 3 is 2.83 bits per heavy atom. The van der Waals surface area contributed by atoms with E-state index in [1.165, 1.54) is 18.5 Å². The van der Waals surface area contributed by atoms with Gasteiger partial charge in [0.1, 0.15) is 12.0 Å². The normalized spacial score (nSPS) is 12.6. The van der Waals surface area contributed by atoms with Crippen molar-refractivity contribution in [2.75, 3.05) is 0 Å². The summed E-state index contributed by atoms with van der Waals surface area (Å²) in [5, 5.41) is 10.1. The fourth-order valence-corrected chi connectivity index (χ4v) is 1.94. The summed E-state index contributed by atoms with van der Waals surface area (Å²) in [4.78, 5) is 19.9. The summed E-state index contributed by atoms with van der Waals surface area (Å²) in [5.74, 6) is -0.217. The van der Waals surface area contributed by atoms with E-state index in [0.717, 1.165) is 0 Å². The minimum atomic E-state index is -0.796. The third kappa shape index (κ3) is 5.16. The number of ether oxygens (including phenoxy) is 1.